The van der Waals surface area contributed by atoms with Crippen LogP contribution in [0.15, 0.2) is 11.8 Å². The molecule has 6 heteroatoms. The zero-order valence-corrected chi connectivity index (χ0v) is 14.2. The molecule has 0 aromatic heterocycles. The number of nitrogens with zero attached hydrogens (tertiary/aromatic N) is 1. The van der Waals surface area contributed by atoms with Crippen molar-refractivity contribution in [3.8, 4) is 0 Å². The minimum atomic E-state index is -1.68. The Kier molecular flexibility index (Phi) is 5.38. The highest BCUT2D eigenvalue weighted by Gasteiger charge is 2.64. The molecule has 124 valence electrons. The van der Waals surface area contributed by atoms with Gasteiger partial charge in [0.15, 0.2) is 11.2 Å². The zero-order valence-electron chi connectivity index (χ0n) is 14.2. The lowest BCUT2D eigenvalue weighted by atomic mass is 9.79. The first kappa shape index (κ1) is 18.2. The van der Waals surface area contributed by atoms with Crippen molar-refractivity contribution in [2.75, 3.05) is 27.3 Å². The van der Waals surface area contributed by atoms with Gasteiger partial charge in [0.25, 0.3) is 0 Å². The van der Waals surface area contributed by atoms with E-state index in [9.17, 15) is 14.4 Å². The van der Waals surface area contributed by atoms with E-state index in [-0.39, 0.29) is 31.0 Å². The van der Waals surface area contributed by atoms with Crippen LogP contribution in [0.2, 0.25) is 0 Å². The van der Waals surface area contributed by atoms with Gasteiger partial charge in [-0.2, -0.15) is 0 Å². The first-order valence-corrected chi connectivity index (χ1v) is 7.41. The molecule has 0 amide bonds. The van der Waals surface area contributed by atoms with Gasteiger partial charge in [0.2, 0.25) is 0 Å². The molecule has 0 bridgehead atoms. The second kappa shape index (κ2) is 6.50. The third-order valence-electron chi connectivity index (χ3n) is 3.66. The molecular weight excluding hydrogens is 286 g/mol. The highest BCUT2D eigenvalue weighted by atomic mass is 16.6. The summed E-state index contributed by atoms with van der Waals surface area (Å²) in [4.78, 5) is 39.5. The predicted octanol–water partition coefficient (Wildman–Crippen LogP) is 1.54. The highest BCUT2D eigenvalue weighted by Crippen LogP contribution is 2.51. The van der Waals surface area contributed by atoms with E-state index in [1.807, 2.05) is 0 Å². The van der Waals surface area contributed by atoms with Crippen molar-refractivity contribution >= 4 is 17.7 Å². The van der Waals surface area contributed by atoms with E-state index in [0.717, 1.165) is 0 Å². The van der Waals surface area contributed by atoms with Crippen LogP contribution < -0.4 is 0 Å². The van der Waals surface area contributed by atoms with Gasteiger partial charge in [-0.15, -0.1) is 0 Å². The van der Waals surface area contributed by atoms with E-state index in [4.69, 9.17) is 9.47 Å². The minimum Gasteiger partial charge on any atom is -0.465 e. The second-order valence-corrected chi connectivity index (χ2v) is 6.24. The molecule has 0 N–H and O–H groups in total. The van der Waals surface area contributed by atoms with Crippen molar-refractivity contribution < 1.29 is 23.9 Å². The Hall–Kier alpha value is -1.85. The number of ketones is 1. The van der Waals surface area contributed by atoms with Crippen LogP contribution in [0.25, 0.3) is 0 Å². The number of hydrogen-bond acceptors (Lipinski definition) is 6. The molecule has 22 heavy (non-hydrogen) atoms. The van der Waals surface area contributed by atoms with Crippen LogP contribution in [-0.2, 0) is 23.9 Å². The van der Waals surface area contributed by atoms with E-state index in [2.05, 4.69) is 0 Å². The van der Waals surface area contributed by atoms with Crippen molar-refractivity contribution in [3.63, 3.8) is 0 Å². The van der Waals surface area contributed by atoms with Gasteiger partial charge in [-0.25, -0.2) is 0 Å². The fraction of sp³-hybridized carbons (Fsp3) is 0.688. The van der Waals surface area contributed by atoms with Gasteiger partial charge in [0.1, 0.15) is 0 Å². The number of Topliss-reactive ketones (excluding diaryl/α,β-unsaturated/α-hetero) is 1. The molecule has 0 aromatic rings. The number of rotatable bonds is 5. The Labute approximate surface area is 131 Å². The minimum absolute atomic E-state index is 0.0518. The molecule has 0 heterocycles. The smallest absolute Gasteiger partial charge is 0.328 e. The summed E-state index contributed by atoms with van der Waals surface area (Å²) in [5, 5.41) is 0. The number of ether oxygens (including phenoxy) is 2. The third kappa shape index (κ3) is 3.00. The Morgan fingerprint density at radius 1 is 1.14 bits per heavy atom. The lowest BCUT2D eigenvalue weighted by Crippen LogP contribution is -2.42. The van der Waals surface area contributed by atoms with Crippen molar-refractivity contribution in [1.82, 2.24) is 4.90 Å². The highest BCUT2D eigenvalue weighted by molar-refractivity contribution is 6.18. The van der Waals surface area contributed by atoms with Crippen LogP contribution in [0.4, 0.5) is 0 Å². The summed E-state index contributed by atoms with van der Waals surface area (Å²) in [7, 11) is 3.46. The standard InChI is InChI=1S/C16H25NO5/c1-7-21-13(19)16(14(20)22-8-2)10-15(3,4)12(18)11(16)9-17(5)6/h9H,7-8,10H2,1-6H3/b11-9-. The summed E-state index contributed by atoms with van der Waals surface area (Å²) in [6.07, 6.45) is 1.57. The molecule has 0 spiro atoms. The van der Waals surface area contributed by atoms with Crippen molar-refractivity contribution in [3.05, 3.63) is 11.8 Å². The Morgan fingerprint density at radius 3 is 1.95 bits per heavy atom. The second-order valence-electron chi connectivity index (χ2n) is 6.24. The van der Waals surface area contributed by atoms with Crippen molar-refractivity contribution in [2.45, 2.75) is 34.1 Å². The van der Waals surface area contributed by atoms with Crippen molar-refractivity contribution in [2.24, 2.45) is 10.8 Å². The average molecular weight is 311 g/mol. The number of hydrogen-bond donors (Lipinski definition) is 0. The normalized spacial score (nSPS) is 20.8. The van der Waals surface area contributed by atoms with Crippen LogP contribution in [0, 0.1) is 10.8 Å². The number of carbonyl (C=O) groups excluding carboxylic acids is 3. The topological polar surface area (TPSA) is 72.9 Å². The summed E-state index contributed by atoms with van der Waals surface area (Å²) in [6, 6.07) is 0. The largest absolute Gasteiger partial charge is 0.465 e. The monoisotopic (exact) mass is 311 g/mol. The quantitative estimate of drug-likeness (QED) is 0.436. The maximum absolute atomic E-state index is 12.7. The van der Waals surface area contributed by atoms with Gasteiger partial charge in [-0.05, 0) is 20.3 Å². The first-order chi connectivity index (χ1) is 10.1. The molecule has 0 radical (unpaired) electrons. The fourth-order valence-electron chi connectivity index (χ4n) is 2.78. The summed E-state index contributed by atoms with van der Waals surface area (Å²) < 4.78 is 10.2. The maximum Gasteiger partial charge on any atom is 0.328 e. The molecule has 0 aliphatic heterocycles. The molecular formula is C16H25NO5. The van der Waals surface area contributed by atoms with Crippen LogP contribution >= 0.6 is 0 Å². The molecule has 6 nitrogen and oxygen atoms in total. The Balaban J connectivity index is 3.54. The van der Waals surface area contributed by atoms with Crippen molar-refractivity contribution in [1.29, 1.82) is 0 Å². The summed E-state index contributed by atoms with van der Waals surface area (Å²) >= 11 is 0. The molecule has 0 saturated heterocycles. The van der Waals surface area contributed by atoms with Crippen LogP contribution in [0.1, 0.15) is 34.1 Å². The molecule has 1 rings (SSSR count). The summed E-state index contributed by atoms with van der Waals surface area (Å²) in [5.74, 6) is -1.68. The van der Waals surface area contributed by atoms with Crippen LogP contribution in [0.3, 0.4) is 0 Å². The molecule has 1 fully saturated rings. The van der Waals surface area contributed by atoms with Gasteiger partial charge >= 0.3 is 11.9 Å². The van der Waals surface area contributed by atoms with E-state index < -0.39 is 22.8 Å². The lowest BCUT2D eigenvalue weighted by molar-refractivity contribution is -0.169. The predicted molar refractivity (Wildman–Crippen MR) is 80.9 cm³/mol. The van der Waals surface area contributed by atoms with E-state index in [1.54, 1.807) is 46.7 Å². The van der Waals surface area contributed by atoms with Crippen LogP contribution in [-0.4, -0.2) is 49.9 Å². The molecule has 1 saturated carbocycles. The first-order valence-electron chi connectivity index (χ1n) is 7.41. The van der Waals surface area contributed by atoms with Gasteiger partial charge in [-0.3, -0.25) is 14.4 Å². The SMILES string of the molecule is CCOC(=O)C1(C(=O)OCC)CC(C)(C)C(=O)/C1=C/N(C)C. The molecule has 0 unspecified atom stereocenters. The fourth-order valence-corrected chi connectivity index (χ4v) is 2.78. The summed E-state index contributed by atoms with van der Waals surface area (Å²) in [5.41, 5.74) is -2.38. The molecule has 1 aliphatic rings. The molecule has 0 aromatic carbocycles. The summed E-state index contributed by atoms with van der Waals surface area (Å²) in [6.45, 7) is 7.02. The average Bonchev–Trinajstić information content (AvgIpc) is 2.60. The number of esters is 2. The maximum atomic E-state index is 12.7. The van der Waals surface area contributed by atoms with Crippen LogP contribution in [0.5, 0.6) is 0 Å². The van der Waals surface area contributed by atoms with Gasteiger partial charge in [0, 0.05) is 31.3 Å². The van der Waals surface area contributed by atoms with Gasteiger partial charge < -0.3 is 14.4 Å². The van der Waals surface area contributed by atoms with E-state index in [1.165, 1.54) is 6.20 Å². The molecule has 0 atom stereocenters. The van der Waals surface area contributed by atoms with E-state index >= 15 is 0 Å². The lowest BCUT2D eigenvalue weighted by Gasteiger charge is -2.26. The Morgan fingerprint density at radius 2 is 1.59 bits per heavy atom. The number of carbonyl (C=O) groups is 3. The third-order valence-corrected chi connectivity index (χ3v) is 3.66. The zero-order chi connectivity index (χ0) is 17.1. The molecule has 1 aliphatic carbocycles. The van der Waals surface area contributed by atoms with E-state index in [0.29, 0.717) is 0 Å². The Bertz CT molecular complexity index is 487. The van der Waals surface area contributed by atoms with Gasteiger partial charge in [-0.1, -0.05) is 13.8 Å². The van der Waals surface area contributed by atoms with Gasteiger partial charge in [0.05, 0.1) is 13.2 Å².